The van der Waals surface area contributed by atoms with Crippen molar-refractivity contribution in [3.8, 4) is 0 Å². The highest BCUT2D eigenvalue weighted by atomic mass is 35.5. The zero-order chi connectivity index (χ0) is 8.55. The molecule has 0 aromatic heterocycles. The first kappa shape index (κ1) is 8.83. The molecule has 2 aliphatic rings. The number of alkyl halides is 1. The van der Waals surface area contributed by atoms with Crippen LogP contribution in [0.3, 0.4) is 0 Å². The quantitative estimate of drug-likeness (QED) is 0.575. The molecule has 0 aromatic carbocycles. The first-order valence-corrected chi connectivity index (χ1v) is 5.59. The molecule has 1 N–H and O–H groups in total. The largest absolute Gasteiger partial charge is 0.311 e. The van der Waals surface area contributed by atoms with Crippen LogP contribution in [0.5, 0.6) is 0 Å². The van der Waals surface area contributed by atoms with Crippen molar-refractivity contribution in [2.45, 2.75) is 56.5 Å². The molecule has 1 nitrogen and oxygen atoms in total. The van der Waals surface area contributed by atoms with Crippen molar-refractivity contribution < 1.29 is 0 Å². The molecule has 1 aliphatic heterocycles. The van der Waals surface area contributed by atoms with E-state index in [1.165, 1.54) is 32.1 Å². The Morgan fingerprint density at radius 2 is 2.00 bits per heavy atom. The molecule has 1 aliphatic carbocycles. The fraction of sp³-hybridized carbons (Fsp3) is 1.00. The lowest BCUT2D eigenvalue weighted by molar-refractivity contribution is 0.185. The van der Waals surface area contributed by atoms with Gasteiger partial charge in [-0.2, -0.15) is 0 Å². The number of halogens is 1. The minimum Gasteiger partial charge on any atom is -0.311 e. The number of rotatable bonds is 0. The first-order valence-electron chi connectivity index (χ1n) is 5.16. The van der Waals surface area contributed by atoms with Gasteiger partial charge in [-0.3, -0.25) is 0 Å². The number of hydrogen-bond donors (Lipinski definition) is 1. The van der Waals surface area contributed by atoms with Gasteiger partial charge >= 0.3 is 0 Å². The number of piperidine rings is 1. The second-order valence-corrected chi connectivity index (χ2v) is 5.04. The molecule has 0 aromatic rings. The van der Waals surface area contributed by atoms with E-state index >= 15 is 0 Å². The Morgan fingerprint density at radius 1 is 1.17 bits per heavy atom. The maximum atomic E-state index is 6.15. The predicted molar refractivity (Wildman–Crippen MR) is 52.6 cm³/mol. The van der Waals surface area contributed by atoms with Gasteiger partial charge in [0.05, 0.1) is 0 Å². The van der Waals surface area contributed by atoms with E-state index in [9.17, 15) is 0 Å². The molecule has 1 saturated carbocycles. The zero-order valence-electron chi connectivity index (χ0n) is 7.72. The van der Waals surface area contributed by atoms with Crippen LogP contribution in [0.25, 0.3) is 0 Å². The van der Waals surface area contributed by atoms with Gasteiger partial charge < -0.3 is 5.32 Å². The summed E-state index contributed by atoms with van der Waals surface area (Å²) in [7, 11) is 0. The van der Waals surface area contributed by atoms with E-state index in [4.69, 9.17) is 11.6 Å². The normalized spacial score (nSPS) is 48.5. The monoisotopic (exact) mass is 187 g/mol. The highest BCUT2D eigenvalue weighted by molar-refractivity contribution is 6.20. The molecule has 0 amide bonds. The van der Waals surface area contributed by atoms with E-state index in [1.54, 1.807) is 0 Å². The van der Waals surface area contributed by atoms with Crippen LogP contribution in [0, 0.1) is 5.92 Å². The third kappa shape index (κ3) is 1.77. The van der Waals surface area contributed by atoms with Crippen molar-refractivity contribution in [2.75, 3.05) is 0 Å². The Labute approximate surface area is 79.9 Å². The smallest absolute Gasteiger partial charge is 0.0339 e. The Hall–Kier alpha value is 0.250. The number of hydrogen-bond acceptors (Lipinski definition) is 1. The Kier molecular flexibility index (Phi) is 2.61. The summed E-state index contributed by atoms with van der Waals surface area (Å²) in [6.07, 6.45) is 6.48. The lowest BCUT2D eigenvalue weighted by Gasteiger charge is -2.40. The standard InChI is InChI=1S/C10H18ClN/c1-7-2-3-8-6-9(11)4-5-10(8)12-7/h7-10,12H,2-6H2,1H3. The fourth-order valence-electron chi connectivity index (χ4n) is 2.66. The summed E-state index contributed by atoms with van der Waals surface area (Å²) in [6, 6.07) is 1.52. The molecule has 1 heterocycles. The van der Waals surface area contributed by atoms with Gasteiger partial charge in [0.15, 0.2) is 0 Å². The molecule has 12 heavy (non-hydrogen) atoms. The van der Waals surface area contributed by atoms with Gasteiger partial charge in [0.1, 0.15) is 0 Å². The van der Waals surface area contributed by atoms with Crippen LogP contribution >= 0.6 is 11.6 Å². The maximum Gasteiger partial charge on any atom is 0.0339 e. The van der Waals surface area contributed by atoms with E-state index in [0.29, 0.717) is 5.38 Å². The maximum absolute atomic E-state index is 6.15. The van der Waals surface area contributed by atoms with Crippen molar-refractivity contribution in [1.29, 1.82) is 0 Å². The van der Waals surface area contributed by atoms with E-state index in [1.807, 2.05) is 0 Å². The minimum absolute atomic E-state index is 0.460. The molecule has 2 fully saturated rings. The van der Waals surface area contributed by atoms with Gasteiger partial charge in [0, 0.05) is 17.5 Å². The molecule has 0 bridgehead atoms. The van der Waals surface area contributed by atoms with Crippen molar-refractivity contribution in [1.82, 2.24) is 5.32 Å². The summed E-state index contributed by atoms with van der Waals surface area (Å²) in [5, 5.41) is 4.14. The van der Waals surface area contributed by atoms with Gasteiger partial charge in [-0.15, -0.1) is 11.6 Å². The van der Waals surface area contributed by atoms with Gasteiger partial charge in [0.2, 0.25) is 0 Å². The molecule has 1 saturated heterocycles. The summed E-state index contributed by atoms with van der Waals surface area (Å²) in [5.74, 6) is 0.873. The molecule has 2 heteroatoms. The second-order valence-electron chi connectivity index (χ2n) is 4.42. The van der Waals surface area contributed by atoms with Crippen molar-refractivity contribution in [3.05, 3.63) is 0 Å². The minimum atomic E-state index is 0.460. The third-order valence-electron chi connectivity index (χ3n) is 3.39. The summed E-state index contributed by atoms with van der Waals surface area (Å²) in [4.78, 5) is 0. The van der Waals surface area contributed by atoms with Crippen LogP contribution in [0.2, 0.25) is 0 Å². The summed E-state index contributed by atoms with van der Waals surface area (Å²) < 4.78 is 0. The zero-order valence-corrected chi connectivity index (χ0v) is 8.48. The summed E-state index contributed by atoms with van der Waals surface area (Å²) in [5.41, 5.74) is 0. The van der Waals surface area contributed by atoms with E-state index in [2.05, 4.69) is 12.2 Å². The molecule has 2 rings (SSSR count). The van der Waals surface area contributed by atoms with Crippen LogP contribution in [0.15, 0.2) is 0 Å². The fourth-order valence-corrected chi connectivity index (χ4v) is 3.01. The topological polar surface area (TPSA) is 12.0 Å². The third-order valence-corrected chi connectivity index (χ3v) is 3.78. The van der Waals surface area contributed by atoms with Gasteiger partial charge in [-0.05, 0) is 44.9 Å². The molecule has 4 atom stereocenters. The average Bonchev–Trinajstić information content (AvgIpc) is 2.05. The highest BCUT2D eigenvalue weighted by Crippen LogP contribution is 2.34. The van der Waals surface area contributed by atoms with Crippen LogP contribution in [0.4, 0.5) is 0 Å². The molecule has 0 spiro atoms. The molecule has 0 radical (unpaired) electrons. The average molecular weight is 188 g/mol. The molecule has 70 valence electrons. The van der Waals surface area contributed by atoms with Crippen molar-refractivity contribution >= 4 is 11.6 Å². The van der Waals surface area contributed by atoms with Crippen molar-refractivity contribution in [2.24, 2.45) is 5.92 Å². The first-order chi connectivity index (χ1) is 5.75. The molecule has 4 unspecified atom stereocenters. The number of nitrogens with one attached hydrogen (secondary N) is 1. The second kappa shape index (κ2) is 3.55. The lowest BCUT2D eigenvalue weighted by Crippen LogP contribution is -2.49. The van der Waals surface area contributed by atoms with Crippen LogP contribution in [0.1, 0.15) is 39.0 Å². The van der Waals surface area contributed by atoms with Crippen LogP contribution < -0.4 is 5.32 Å². The van der Waals surface area contributed by atoms with E-state index < -0.39 is 0 Å². The van der Waals surface area contributed by atoms with Crippen LogP contribution in [-0.2, 0) is 0 Å². The number of fused-ring (bicyclic) bond motifs is 1. The Balaban J connectivity index is 1.94. The van der Waals surface area contributed by atoms with Crippen LogP contribution in [-0.4, -0.2) is 17.5 Å². The van der Waals surface area contributed by atoms with Gasteiger partial charge in [0.25, 0.3) is 0 Å². The predicted octanol–water partition coefficient (Wildman–Crippen LogP) is 2.53. The molecular weight excluding hydrogens is 170 g/mol. The van der Waals surface area contributed by atoms with E-state index in [0.717, 1.165) is 18.0 Å². The SMILES string of the molecule is CC1CCC2CC(Cl)CCC2N1. The Morgan fingerprint density at radius 3 is 2.83 bits per heavy atom. The van der Waals surface area contributed by atoms with Crippen molar-refractivity contribution in [3.63, 3.8) is 0 Å². The highest BCUT2D eigenvalue weighted by Gasteiger charge is 2.33. The summed E-state index contributed by atoms with van der Waals surface area (Å²) >= 11 is 6.15. The van der Waals surface area contributed by atoms with Gasteiger partial charge in [-0.1, -0.05) is 0 Å². The summed E-state index contributed by atoms with van der Waals surface area (Å²) in [6.45, 7) is 2.29. The lowest BCUT2D eigenvalue weighted by atomic mass is 9.78. The Bertz CT molecular complexity index is 142. The van der Waals surface area contributed by atoms with E-state index in [-0.39, 0.29) is 0 Å². The molecular formula is C10H18ClN. The van der Waals surface area contributed by atoms with Gasteiger partial charge in [-0.25, -0.2) is 0 Å².